The van der Waals surface area contributed by atoms with Crippen molar-refractivity contribution in [2.45, 2.75) is 13.5 Å². The first-order valence-electron chi connectivity index (χ1n) is 7.72. The number of esters is 1. The van der Waals surface area contributed by atoms with E-state index in [1.54, 1.807) is 25.3 Å². The molecule has 1 aromatic carbocycles. The number of Topliss-reactive ketones (excluding diaryl/α,β-unsaturated/α-hetero) is 1. The van der Waals surface area contributed by atoms with Crippen molar-refractivity contribution >= 4 is 34.3 Å². The summed E-state index contributed by atoms with van der Waals surface area (Å²) in [6.45, 7) is 2.14. The Hall–Kier alpha value is -2.93. The zero-order chi connectivity index (χ0) is 18.8. The Morgan fingerprint density at radius 2 is 1.96 bits per heavy atom. The number of hydrogen-bond donors (Lipinski definition) is 0. The fourth-order valence-corrected chi connectivity index (χ4v) is 2.95. The molecule has 134 valence electrons. The topological polar surface area (TPSA) is 83.3 Å². The van der Waals surface area contributed by atoms with Crippen LogP contribution < -0.4 is 4.74 Å². The number of hydrogen-bond acceptors (Lipinski definition) is 6. The van der Waals surface area contributed by atoms with Crippen LogP contribution in [-0.4, -0.2) is 40.5 Å². The van der Waals surface area contributed by atoms with Gasteiger partial charge in [0.25, 0.3) is 5.78 Å². The third kappa shape index (κ3) is 3.13. The first-order chi connectivity index (χ1) is 12.5. The zero-order valence-electron chi connectivity index (χ0n) is 14.4. The fourth-order valence-electron chi connectivity index (χ4n) is 2.86. The Balaban J connectivity index is 2.19. The van der Waals surface area contributed by atoms with Crippen LogP contribution >= 0.6 is 11.6 Å². The highest BCUT2D eigenvalue weighted by Crippen LogP contribution is 2.30. The van der Waals surface area contributed by atoms with Gasteiger partial charge in [-0.1, -0.05) is 11.6 Å². The Morgan fingerprint density at radius 1 is 1.19 bits per heavy atom. The van der Waals surface area contributed by atoms with E-state index in [1.165, 1.54) is 20.4 Å². The van der Waals surface area contributed by atoms with Crippen molar-refractivity contribution in [2.24, 2.45) is 0 Å². The molecule has 0 fully saturated rings. The molecule has 0 saturated heterocycles. The molecular weight excluding hydrogens is 358 g/mol. The van der Waals surface area contributed by atoms with Crippen LogP contribution in [0, 0.1) is 6.92 Å². The second kappa shape index (κ2) is 7.13. The van der Waals surface area contributed by atoms with Gasteiger partial charge in [-0.05, 0) is 25.1 Å². The first-order valence-corrected chi connectivity index (χ1v) is 8.10. The summed E-state index contributed by atoms with van der Waals surface area (Å²) in [5, 5.41) is 0.910. The summed E-state index contributed by atoms with van der Waals surface area (Å²) in [7, 11) is 2.72. The molecule has 3 aromatic rings. The van der Waals surface area contributed by atoms with E-state index in [0.717, 1.165) is 5.52 Å². The van der Waals surface area contributed by atoms with Crippen molar-refractivity contribution in [3.63, 3.8) is 0 Å². The van der Waals surface area contributed by atoms with Gasteiger partial charge in [0, 0.05) is 16.6 Å². The number of carbonyl (C=O) groups is 2. The number of carbonyl (C=O) groups excluding carboxylic acids is 2. The van der Waals surface area contributed by atoms with Crippen LogP contribution in [-0.2, 0) is 16.1 Å². The lowest BCUT2D eigenvalue weighted by Crippen LogP contribution is -2.17. The van der Waals surface area contributed by atoms with Crippen LogP contribution in [0.1, 0.15) is 21.7 Å². The molecule has 7 nitrogen and oxygen atoms in total. The maximum atomic E-state index is 12.5. The van der Waals surface area contributed by atoms with E-state index < -0.39 is 11.8 Å². The van der Waals surface area contributed by atoms with Crippen molar-refractivity contribution in [3.8, 4) is 5.75 Å². The molecular formula is C18H16ClN3O4. The molecule has 2 heterocycles. The predicted molar refractivity (Wildman–Crippen MR) is 95.7 cm³/mol. The molecule has 0 unspecified atom stereocenters. The van der Waals surface area contributed by atoms with Gasteiger partial charge in [-0.25, -0.2) is 9.78 Å². The summed E-state index contributed by atoms with van der Waals surface area (Å²) in [6.07, 6.45) is 3.03. The van der Waals surface area contributed by atoms with Crippen LogP contribution in [0.4, 0.5) is 0 Å². The van der Waals surface area contributed by atoms with Gasteiger partial charge in [-0.15, -0.1) is 0 Å². The van der Waals surface area contributed by atoms with Gasteiger partial charge in [-0.2, -0.15) is 0 Å². The average molecular weight is 374 g/mol. The van der Waals surface area contributed by atoms with Gasteiger partial charge in [-0.3, -0.25) is 9.78 Å². The van der Waals surface area contributed by atoms with Crippen molar-refractivity contribution in [1.82, 2.24) is 14.5 Å². The lowest BCUT2D eigenvalue weighted by atomic mass is 10.1. The van der Waals surface area contributed by atoms with Crippen molar-refractivity contribution in [2.75, 3.05) is 14.2 Å². The van der Waals surface area contributed by atoms with Gasteiger partial charge in [0.15, 0.2) is 0 Å². The van der Waals surface area contributed by atoms with Gasteiger partial charge in [0.1, 0.15) is 10.9 Å². The number of halogens is 1. The van der Waals surface area contributed by atoms with E-state index in [1.807, 2.05) is 10.6 Å². The third-order valence-corrected chi connectivity index (χ3v) is 4.32. The maximum Gasteiger partial charge on any atom is 0.379 e. The molecule has 0 radical (unpaired) electrons. The van der Waals surface area contributed by atoms with E-state index in [4.69, 9.17) is 16.3 Å². The molecule has 0 spiro atoms. The maximum absolute atomic E-state index is 12.5. The third-order valence-electron chi connectivity index (χ3n) is 4.12. The van der Waals surface area contributed by atoms with Crippen LogP contribution in [0.25, 0.3) is 10.9 Å². The normalized spacial score (nSPS) is 10.8. The lowest BCUT2D eigenvalue weighted by Gasteiger charge is -2.08. The molecule has 0 atom stereocenters. The molecule has 26 heavy (non-hydrogen) atoms. The van der Waals surface area contributed by atoms with E-state index in [9.17, 15) is 9.59 Å². The minimum Gasteiger partial charge on any atom is -0.497 e. The summed E-state index contributed by atoms with van der Waals surface area (Å²) in [5.74, 6) is -1.04. The number of methoxy groups -OCH3 is 2. The van der Waals surface area contributed by atoms with Gasteiger partial charge < -0.3 is 14.0 Å². The molecule has 0 aliphatic carbocycles. The lowest BCUT2D eigenvalue weighted by molar-refractivity contribution is -0.135. The van der Waals surface area contributed by atoms with E-state index in [-0.39, 0.29) is 5.56 Å². The molecule has 3 rings (SSSR count). The SMILES string of the molecule is COC(=O)C(=O)c1c(C)n(Cc2cnc(Cl)cn2)c2ccc(OC)cc12. The number of rotatable bonds is 5. The summed E-state index contributed by atoms with van der Waals surface area (Å²) in [6, 6.07) is 5.35. The molecule has 0 N–H and O–H groups in total. The summed E-state index contributed by atoms with van der Waals surface area (Å²) in [4.78, 5) is 32.6. The van der Waals surface area contributed by atoms with E-state index in [2.05, 4.69) is 14.7 Å². The summed E-state index contributed by atoms with van der Waals surface area (Å²) >= 11 is 5.78. The second-order valence-corrected chi connectivity index (χ2v) is 5.97. The number of ketones is 1. The Bertz CT molecular complexity index is 996. The highest BCUT2D eigenvalue weighted by atomic mass is 35.5. The predicted octanol–water partition coefficient (Wildman–Crippen LogP) is 2.81. The molecule has 0 amide bonds. The molecule has 8 heteroatoms. The molecule has 0 bridgehead atoms. The summed E-state index contributed by atoms with van der Waals surface area (Å²) in [5.41, 5.74) is 2.35. The smallest absolute Gasteiger partial charge is 0.379 e. The van der Waals surface area contributed by atoms with Gasteiger partial charge >= 0.3 is 5.97 Å². The quantitative estimate of drug-likeness (QED) is 0.388. The Kier molecular flexibility index (Phi) is 4.90. The van der Waals surface area contributed by atoms with Gasteiger partial charge in [0.05, 0.1) is 44.4 Å². The molecule has 2 aromatic heterocycles. The van der Waals surface area contributed by atoms with Crippen molar-refractivity contribution in [3.05, 3.63) is 52.7 Å². The van der Waals surface area contributed by atoms with Crippen LogP contribution in [0.3, 0.4) is 0 Å². The number of fused-ring (bicyclic) bond motifs is 1. The first kappa shape index (κ1) is 17.9. The van der Waals surface area contributed by atoms with Crippen LogP contribution in [0.2, 0.25) is 5.15 Å². The van der Waals surface area contributed by atoms with Crippen LogP contribution in [0.5, 0.6) is 5.75 Å². The number of aromatic nitrogens is 3. The van der Waals surface area contributed by atoms with E-state index >= 15 is 0 Å². The Morgan fingerprint density at radius 3 is 2.58 bits per heavy atom. The largest absolute Gasteiger partial charge is 0.497 e. The van der Waals surface area contributed by atoms with Crippen molar-refractivity contribution < 1.29 is 19.1 Å². The molecule has 0 saturated carbocycles. The minimum absolute atomic E-state index is 0.285. The van der Waals surface area contributed by atoms with E-state index in [0.29, 0.717) is 34.2 Å². The highest BCUT2D eigenvalue weighted by molar-refractivity contribution is 6.43. The number of ether oxygens (including phenoxy) is 2. The molecule has 0 aliphatic heterocycles. The van der Waals surface area contributed by atoms with Gasteiger partial charge in [0.2, 0.25) is 0 Å². The van der Waals surface area contributed by atoms with Crippen LogP contribution in [0.15, 0.2) is 30.6 Å². The zero-order valence-corrected chi connectivity index (χ0v) is 15.2. The monoisotopic (exact) mass is 373 g/mol. The second-order valence-electron chi connectivity index (χ2n) is 5.58. The number of nitrogens with zero attached hydrogens (tertiary/aromatic N) is 3. The minimum atomic E-state index is -0.916. The highest BCUT2D eigenvalue weighted by Gasteiger charge is 2.26. The molecule has 0 aliphatic rings. The Labute approximate surface area is 154 Å². The summed E-state index contributed by atoms with van der Waals surface area (Å²) < 4.78 is 11.7. The standard InChI is InChI=1S/C18H16ClN3O4/c1-10-16(17(23)18(24)26-3)13-6-12(25-2)4-5-14(13)22(10)9-11-7-21-15(19)8-20-11/h4-8H,9H2,1-3H3. The fraction of sp³-hybridized carbons (Fsp3) is 0.222. The van der Waals surface area contributed by atoms with Crippen molar-refractivity contribution in [1.29, 1.82) is 0 Å². The number of benzene rings is 1. The average Bonchev–Trinajstić information content (AvgIpc) is 2.93.